The van der Waals surface area contributed by atoms with Crippen molar-refractivity contribution < 1.29 is 0 Å². The first-order valence-corrected chi connectivity index (χ1v) is 8.26. The second-order valence-electron chi connectivity index (χ2n) is 6.18. The van der Waals surface area contributed by atoms with Crippen molar-refractivity contribution in [3.05, 3.63) is 70.8 Å². The Morgan fingerprint density at radius 2 is 1.41 bits per heavy atom. The van der Waals surface area contributed by atoms with E-state index in [1.807, 2.05) is 0 Å². The van der Waals surface area contributed by atoms with Crippen molar-refractivity contribution in [3.63, 3.8) is 0 Å². The topological polar surface area (TPSA) is 17.3 Å². The number of aryl methyl sites for hydroxylation is 2. The van der Waals surface area contributed by atoms with Crippen LogP contribution in [0.3, 0.4) is 0 Å². The Bertz CT molecular complexity index is 567. The first kappa shape index (κ1) is 15.3. The maximum absolute atomic E-state index is 4.59. The Labute approximate surface area is 134 Å². The second-order valence-corrected chi connectivity index (χ2v) is 6.18. The highest BCUT2D eigenvalue weighted by atomic mass is 15.2. The molecule has 1 heterocycles. The van der Waals surface area contributed by atoms with Gasteiger partial charge in [0.15, 0.2) is 0 Å². The standard InChI is InChI=1S/C20H25N2/c1-16-8-3-5-10-18(16)20(19-11-6-4-9-17(19)2)22-14-7-12-21-13-15-22/h3-6,8-11,20H,7,12-15H2,1-2H3. The third-order valence-corrected chi connectivity index (χ3v) is 4.64. The molecule has 1 aliphatic heterocycles. The molecule has 0 spiro atoms. The Hall–Kier alpha value is -1.64. The van der Waals surface area contributed by atoms with E-state index in [4.69, 9.17) is 0 Å². The summed E-state index contributed by atoms with van der Waals surface area (Å²) in [6, 6.07) is 18.0. The molecule has 1 radical (unpaired) electrons. The van der Waals surface area contributed by atoms with Gasteiger partial charge < -0.3 is 0 Å². The average Bonchev–Trinajstić information content (AvgIpc) is 2.80. The van der Waals surface area contributed by atoms with Crippen LogP contribution in [0.15, 0.2) is 48.5 Å². The van der Waals surface area contributed by atoms with Gasteiger partial charge in [0.2, 0.25) is 0 Å². The zero-order chi connectivity index (χ0) is 15.4. The molecule has 0 amide bonds. The number of hydrogen-bond donors (Lipinski definition) is 0. The zero-order valence-electron chi connectivity index (χ0n) is 13.6. The summed E-state index contributed by atoms with van der Waals surface area (Å²) in [5.41, 5.74) is 5.60. The monoisotopic (exact) mass is 293 g/mol. The van der Waals surface area contributed by atoms with Crippen LogP contribution in [0.2, 0.25) is 0 Å². The zero-order valence-corrected chi connectivity index (χ0v) is 13.6. The molecule has 0 aliphatic carbocycles. The molecule has 1 fully saturated rings. The molecule has 0 atom stereocenters. The molecule has 0 aromatic heterocycles. The van der Waals surface area contributed by atoms with Crippen LogP contribution in [0.4, 0.5) is 0 Å². The summed E-state index contributed by atoms with van der Waals surface area (Å²) >= 11 is 0. The first-order valence-electron chi connectivity index (χ1n) is 8.26. The lowest BCUT2D eigenvalue weighted by Crippen LogP contribution is -2.33. The third kappa shape index (κ3) is 3.23. The Morgan fingerprint density at radius 1 is 0.818 bits per heavy atom. The van der Waals surface area contributed by atoms with E-state index in [-0.39, 0.29) is 0 Å². The minimum atomic E-state index is 0.343. The van der Waals surface area contributed by atoms with E-state index < -0.39 is 0 Å². The van der Waals surface area contributed by atoms with Gasteiger partial charge in [-0.05, 0) is 42.5 Å². The van der Waals surface area contributed by atoms with Crippen LogP contribution in [0.5, 0.6) is 0 Å². The second kappa shape index (κ2) is 7.08. The van der Waals surface area contributed by atoms with Crippen LogP contribution >= 0.6 is 0 Å². The summed E-state index contributed by atoms with van der Waals surface area (Å²) in [6.07, 6.45) is 1.16. The highest BCUT2D eigenvalue weighted by Crippen LogP contribution is 2.33. The van der Waals surface area contributed by atoms with E-state index >= 15 is 0 Å². The maximum Gasteiger partial charge on any atom is 0.0607 e. The summed E-state index contributed by atoms with van der Waals surface area (Å²) in [5.74, 6) is 0. The van der Waals surface area contributed by atoms with Crippen molar-refractivity contribution in [2.75, 3.05) is 26.2 Å². The number of nitrogens with zero attached hydrogens (tertiary/aromatic N) is 2. The van der Waals surface area contributed by atoms with Crippen LogP contribution < -0.4 is 5.32 Å². The predicted molar refractivity (Wildman–Crippen MR) is 92.3 cm³/mol. The molecule has 2 aromatic carbocycles. The number of rotatable bonds is 3. The minimum Gasteiger partial charge on any atom is -0.291 e. The van der Waals surface area contributed by atoms with Crippen molar-refractivity contribution in [2.24, 2.45) is 0 Å². The van der Waals surface area contributed by atoms with E-state index in [0.29, 0.717) is 6.04 Å². The van der Waals surface area contributed by atoms with Gasteiger partial charge in [-0.15, -0.1) is 0 Å². The SMILES string of the molecule is Cc1ccccc1C(c1ccccc1C)N1CCC[N]CC1. The molecule has 0 bridgehead atoms. The fourth-order valence-electron chi connectivity index (χ4n) is 3.41. The van der Waals surface area contributed by atoms with E-state index in [9.17, 15) is 0 Å². The van der Waals surface area contributed by atoms with Gasteiger partial charge in [-0.2, -0.15) is 0 Å². The van der Waals surface area contributed by atoms with Gasteiger partial charge >= 0.3 is 0 Å². The van der Waals surface area contributed by atoms with E-state index in [2.05, 4.69) is 72.6 Å². The Balaban J connectivity index is 2.06. The number of hydrogen-bond acceptors (Lipinski definition) is 1. The fourth-order valence-corrected chi connectivity index (χ4v) is 3.41. The van der Waals surface area contributed by atoms with Crippen molar-refractivity contribution in [1.82, 2.24) is 10.2 Å². The highest BCUT2D eigenvalue weighted by Gasteiger charge is 2.25. The van der Waals surface area contributed by atoms with Gasteiger partial charge in [-0.25, -0.2) is 5.32 Å². The van der Waals surface area contributed by atoms with Gasteiger partial charge in [0, 0.05) is 26.2 Å². The summed E-state index contributed by atoms with van der Waals surface area (Å²) in [4.78, 5) is 2.61. The Morgan fingerprint density at radius 3 is 2.00 bits per heavy atom. The smallest absolute Gasteiger partial charge is 0.0607 e. The van der Waals surface area contributed by atoms with E-state index in [0.717, 1.165) is 32.6 Å². The van der Waals surface area contributed by atoms with Crippen molar-refractivity contribution in [2.45, 2.75) is 26.3 Å². The highest BCUT2D eigenvalue weighted by molar-refractivity contribution is 5.40. The maximum atomic E-state index is 4.59. The summed E-state index contributed by atoms with van der Waals surface area (Å²) in [7, 11) is 0. The molecule has 1 aliphatic rings. The number of benzene rings is 2. The average molecular weight is 293 g/mol. The summed E-state index contributed by atoms with van der Waals surface area (Å²) in [6.45, 7) is 8.58. The van der Waals surface area contributed by atoms with Crippen LogP contribution in [0, 0.1) is 13.8 Å². The van der Waals surface area contributed by atoms with E-state index in [1.165, 1.54) is 22.3 Å². The lowest BCUT2D eigenvalue weighted by atomic mass is 9.91. The molecule has 2 heteroatoms. The first-order chi connectivity index (χ1) is 10.8. The van der Waals surface area contributed by atoms with Gasteiger partial charge in [0.25, 0.3) is 0 Å². The molecule has 0 N–H and O–H groups in total. The fraction of sp³-hybridized carbons (Fsp3) is 0.400. The molecular weight excluding hydrogens is 268 g/mol. The normalized spacial score (nSPS) is 16.7. The van der Waals surface area contributed by atoms with E-state index in [1.54, 1.807) is 0 Å². The lowest BCUT2D eigenvalue weighted by molar-refractivity contribution is 0.240. The van der Waals surface area contributed by atoms with Crippen LogP contribution in [0.25, 0.3) is 0 Å². The van der Waals surface area contributed by atoms with Gasteiger partial charge in [0.1, 0.15) is 0 Å². The van der Waals surface area contributed by atoms with Gasteiger partial charge in [-0.3, -0.25) is 4.90 Å². The molecule has 22 heavy (non-hydrogen) atoms. The minimum absolute atomic E-state index is 0.343. The van der Waals surface area contributed by atoms with Crippen molar-refractivity contribution in [3.8, 4) is 0 Å². The molecule has 115 valence electrons. The summed E-state index contributed by atoms with van der Waals surface area (Å²) < 4.78 is 0. The molecule has 1 saturated heterocycles. The quantitative estimate of drug-likeness (QED) is 0.843. The summed E-state index contributed by atoms with van der Waals surface area (Å²) in [5, 5.41) is 4.59. The molecule has 2 aromatic rings. The van der Waals surface area contributed by atoms with Crippen molar-refractivity contribution >= 4 is 0 Å². The lowest BCUT2D eigenvalue weighted by Gasteiger charge is -2.33. The van der Waals surface area contributed by atoms with Crippen LogP contribution in [0.1, 0.15) is 34.7 Å². The molecule has 0 unspecified atom stereocenters. The molecule has 3 rings (SSSR count). The van der Waals surface area contributed by atoms with Crippen LogP contribution in [-0.4, -0.2) is 31.1 Å². The Kier molecular flexibility index (Phi) is 4.91. The molecular formula is C20H25N2. The third-order valence-electron chi connectivity index (χ3n) is 4.64. The van der Waals surface area contributed by atoms with Gasteiger partial charge in [0.05, 0.1) is 6.04 Å². The molecule has 0 saturated carbocycles. The predicted octanol–water partition coefficient (Wildman–Crippen LogP) is 3.70. The van der Waals surface area contributed by atoms with Crippen molar-refractivity contribution in [1.29, 1.82) is 0 Å². The molecule has 2 nitrogen and oxygen atoms in total. The van der Waals surface area contributed by atoms with Crippen LogP contribution in [-0.2, 0) is 0 Å². The largest absolute Gasteiger partial charge is 0.291 e. The van der Waals surface area contributed by atoms with Gasteiger partial charge in [-0.1, -0.05) is 48.5 Å².